The molecule has 2 aromatic heterocycles. The largest absolute Gasteiger partial charge is 0.370 e. The van der Waals surface area contributed by atoms with Crippen molar-refractivity contribution in [2.24, 2.45) is 0 Å². The lowest BCUT2D eigenvalue weighted by atomic mass is 10.1. The highest BCUT2D eigenvalue weighted by Gasteiger charge is 2.29. The summed E-state index contributed by atoms with van der Waals surface area (Å²) in [5.74, 6) is 0.181. The summed E-state index contributed by atoms with van der Waals surface area (Å²) in [5, 5.41) is 4.46. The monoisotopic (exact) mass is 416 g/mol. The molecule has 0 aliphatic carbocycles. The first kappa shape index (κ1) is 19.3. The van der Waals surface area contributed by atoms with Gasteiger partial charge in [-0.2, -0.15) is 5.10 Å². The van der Waals surface area contributed by atoms with Gasteiger partial charge in [0.25, 0.3) is 5.91 Å². The second-order valence-corrected chi connectivity index (χ2v) is 7.38. The Morgan fingerprint density at radius 2 is 1.74 bits per heavy atom. The summed E-state index contributed by atoms with van der Waals surface area (Å²) >= 11 is 0. The molecule has 1 saturated heterocycles. The van der Waals surface area contributed by atoms with E-state index in [1.54, 1.807) is 27.9 Å². The van der Waals surface area contributed by atoms with E-state index in [0.29, 0.717) is 36.8 Å². The molecule has 0 saturated carbocycles. The summed E-state index contributed by atoms with van der Waals surface area (Å²) in [7, 11) is 0. The van der Waals surface area contributed by atoms with Crippen molar-refractivity contribution < 1.29 is 13.9 Å². The van der Waals surface area contributed by atoms with Crippen molar-refractivity contribution in [3.8, 4) is 11.5 Å². The van der Waals surface area contributed by atoms with Gasteiger partial charge >= 0.3 is 0 Å². The molecule has 0 radical (unpaired) electrons. The Morgan fingerprint density at radius 1 is 1.00 bits per heavy atom. The van der Waals surface area contributed by atoms with Crippen LogP contribution in [0.2, 0.25) is 0 Å². The lowest BCUT2D eigenvalue weighted by Gasteiger charge is -2.33. The van der Waals surface area contributed by atoms with E-state index in [1.807, 2.05) is 59.4 Å². The van der Waals surface area contributed by atoms with Gasteiger partial charge in [-0.15, -0.1) is 0 Å². The number of hydrogen-bond donors (Lipinski definition) is 0. The Balaban J connectivity index is 1.49. The van der Waals surface area contributed by atoms with Gasteiger partial charge in [-0.3, -0.25) is 4.79 Å². The van der Waals surface area contributed by atoms with Crippen LogP contribution >= 0.6 is 0 Å². The Morgan fingerprint density at radius 3 is 2.48 bits per heavy atom. The highest BCUT2D eigenvalue weighted by atomic mass is 19.1. The van der Waals surface area contributed by atoms with Gasteiger partial charge in [0, 0.05) is 18.9 Å². The molecule has 0 spiro atoms. The number of carbonyl (C=O) groups excluding carboxylic acids is 1. The third kappa shape index (κ3) is 3.75. The number of morpholine rings is 1. The van der Waals surface area contributed by atoms with Crippen LogP contribution in [0.25, 0.3) is 11.5 Å². The molecule has 1 amide bonds. The van der Waals surface area contributed by atoms with Crippen molar-refractivity contribution >= 4 is 5.91 Å². The molecule has 0 bridgehead atoms. The molecule has 4 aromatic rings. The Bertz CT molecular complexity index is 1170. The van der Waals surface area contributed by atoms with E-state index in [4.69, 9.17) is 4.74 Å². The molecule has 0 unspecified atom stereocenters. The van der Waals surface area contributed by atoms with Gasteiger partial charge in [-0.1, -0.05) is 30.3 Å². The standard InChI is InChI=1S/C24H21FN4O2/c25-19-8-10-20(11-9-19)29-23(27-12-4-5-13-27)21(16-26-29)24(30)28-14-15-31-22(17-28)18-6-2-1-3-7-18/h1-13,16,22H,14-15,17H2/t22-/m0/s1. The van der Waals surface area contributed by atoms with Gasteiger partial charge < -0.3 is 14.2 Å². The number of ether oxygens (including phenoxy) is 1. The number of amides is 1. The number of hydrogen-bond acceptors (Lipinski definition) is 3. The van der Waals surface area contributed by atoms with Gasteiger partial charge in [-0.25, -0.2) is 9.07 Å². The van der Waals surface area contributed by atoms with Crippen LogP contribution in [-0.2, 0) is 4.74 Å². The predicted molar refractivity (Wildman–Crippen MR) is 114 cm³/mol. The fourth-order valence-corrected chi connectivity index (χ4v) is 3.86. The second-order valence-electron chi connectivity index (χ2n) is 7.38. The zero-order valence-corrected chi connectivity index (χ0v) is 16.8. The molecule has 0 N–H and O–H groups in total. The van der Waals surface area contributed by atoms with Gasteiger partial charge in [0.05, 0.1) is 25.0 Å². The van der Waals surface area contributed by atoms with Crippen molar-refractivity contribution in [2.45, 2.75) is 6.10 Å². The molecule has 2 aromatic carbocycles. The summed E-state index contributed by atoms with van der Waals surface area (Å²) in [6, 6.07) is 19.7. The van der Waals surface area contributed by atoms with Crippen LogP contribution in [-0.4, -0.2) is 44.9 Å². The van der Waals surface area contributed by atoms with E-state index in [1.165, 1.54) is 12.1 Å². The third-order valence-electron chi connectivity index (χ3n) is 5.42. The molecule has 1 atom stereocenters. The zero-order chi connectivity index (χ0) is 21.2. The average Bonchev–Trinajstić information content (AvgIpc) is 3.50. The Hall–Kier alpha value is -3.71. The molecule has 3 heterocycles. The van der Waals surface area contributed by atoms with Crippen LogP contribution in [0.15, 0.2) is 85.3 Å². The van der Waals surface area contributed by atoms with E-state index < -0.39 is 0 Å². The maximum absolute atomic E-state index is 13.5. The lowest BCUT2D eigenvalue weighted by Crippen LogP contribution is -2.42. The first-order valence-electron chi connectivity index (χ1n) is 10.1. The van der Waals surface area contributed by atoms with E-state index in [0.717, 1.165) is 5.56 Å². The summed E-state index contributed by atoms with van der Waals surface area (Å²) in [6.07, 6.45) is 5.13. The van der Waals surface area contributed by atoms with Crippen LogP contribution < -0.4 is 0 Å². The minimum absolute atomic E-state index is 0.110. The first-order chi connectivity index (χ1) is 15.2. The molecule has 7 heteroatoms. The summed E-state index contributed by atoms with van der Waals surface area (Å²) in [6.45, 7) is 1.45. The lowest BCUT2D eigenvalue weighted by molar-refractivity contribution is -0.0228. The molecule has 31 heavy (non-hydrogen) atoms. The van der Waals surface area contributed by atoms with Gasteiger partial charge in [0.1, 0.15) is 17.5 Å². The Kier molecular flexibility index (Phi) is 5.09. The van der Waals surface area contributed by atoms with Crippen LogP contribution in [0.3, 0.4) is 0 Å². The van der Waals surface area contributed by atoms with Crippen molar-refractivity contribution in [1.29, 1.82) is 0 Å². The number of nitrogens with zero attached hydrogens (tertiary/aromatic N) is 4. The molecule has 1 aliphatic rings. The molecule has 1 fully saturated rings. The van der Waals surface area contributed by atoms with E-state index in [2.05, 4.69) is 5.10 Å². The zero-order valence-electron chi connectivity index (χ0n) is 16.8. The maximum Gasteiger partial charge on any atom is 0.259 e. The molecule has 1 aliphatic heterocycles. The molecule has 5 rings (SSSR count). The smallest absolute Gasteiger partial charge is 0.259 e. The van der Waals surface area contributed by atoms with Crippen LogP contribution in [0, 0.1) is 5.82 Å². The van der Waals surface area contributed by atoms with E-state index >= 15 is 0 Å². The fourth-order valence-electron chi connectivity index (χ4n) is 3.86. The highest BCUT2D eigenvalue weighted by Crippen LogP contribution is 2.26. The number of rotatable bonds is 4. The van der Waals surface area contributed by atoms with E-state index in [9.17, 15) is 9.18 Å². The minimum Gasteiger partial charge on any atom is -0.370 e. The second kappa shape index (κ2) is 8.20. The van der Waals surface area contributed by atoms with Crippen molar-refractivity contribution in [3.63, 3.8) is 0 Å². The molecular formula is C24H21FN4O2. The van der Waals surface area contributed by atoms with Crippen LogP contribution in [0.4, 0.5) is 4.39 Å². The van der Waals surface area contributed by atoms with Crippen LogP contribution in [0.5, 0.6) is 0 Å². The van der Waals surface area contributed by atoms with Crippen molar-refractivity contribution in [3.05, 3.63) is 102 Å². The minimum atomic E-state index is -0.324. The van der Waals surface area contributed by atoms with Gasteiger partial charge in [-0.05, 0) is 42.0 Å². The van der Waals surface area contributed by atoms with Crippen molar-refractivity contribution in [1.82, 2.24) is 19.2 Å². The summed E-state index contributed by atoms with van der Waals surface area (Å²) in [5.41, 5.74) is 2.20. The van der Waals surface area contributed by atoms with Crippen LogP contribution in [0.1, 0.15) is 22.0 Å². The fraction of sp³-hybridized carbons (Fsp3) is 0.167. The summed E-state index contributed by atoms with van der Waals surface area (Å²) in [4.78, 5) is 15.3. The number of halogens is 1. The predicted octanol–water partition coefficient (Wildman–Crippen LogP) is 4.02. The average molecular weight is 416 g/mol. The van der Waals surface area contributed by atoms with Gasteiger partial charge in [0.2, 0.25) is 0 Å². The maximum atomic E-state index is 13.5. The molecule has 6 nitrogen and oxygen atoms in total. The molecular weight excluding hydrogens is 395 g/mol. The quantitative estimate of drug-likeness (QED) is 0.505. The summed E-state index contributed by atoms with van der Waals surface area (Å²) < 4.78 is 22.8. The number of aromatic nitrogens is 3. The van der Waals surface area contributed by atoms with Gasteiger partial charge in [0.15, 0.2) is 5.82 Å². The number of carbonyl (C=O) groups is 1. The van der Waals surface area contributed by atoms with E-state index in [-0.39, 0.29) is 17.8 Å². The first-order valence-corrected chi connectivity index (χ1v) is 10.1. The number of benzene rings is 2. The Labute approximate surface area is 179 Å². The molecule has 156 valence electrons. The van der Waals surface area contributed by atoms with Crippen molar-refractivity contribution in [2.75, 3.05) is 19.7 Å². The SMILES string of the molecule is O=C(c1cnn(-c2ccc(F)cc2)c1-n1cccc1)N1CCO[C@H](c2ccccc2)C1. The normalized spacial score (nSPS) is 16.4. The highest BCUT2D eigenvalue weighted by molar-refractivity contribution is 5.97. The third-order valence-corrected chi connectivity index (χ3v) is 5.42. The topological polar surface area (TPSA) is 52.3 Å².